The number of halogens is 2. The van der Waals surface area contributed by atoms with Gasteiger partial charge >= 0.3 is 0 Å². The van der Waals surface area contributed by atoms with Crippen molar-refractivity contribution in [3.05, 3.63) is 21.0 Å². The van der Waals surface area contributed by atoms with Crippen molar-refractivity contribution in [1.29, 1.82) is 0 Å². The van der Waals surface area contributed by atoms with E-state index in [2.05, 4.69) is 51.0 Å². The summed E-state index contributed by atoms with van der Waals surface area (Å²) in [6, 6.07) is 2.55. The number of hydrogen-bond acceptors (Lipinski definition) is 2. The van der Waals surface area contributed by atoms with Gasteiger partial charge in [-0.1, -0.05) is 26.2 Å². The highest BCUT2D eigenvalue weighted by molar-refractivity contribution is 9.13. The van der Waals surface area contributed by atoms with Gasteiger partial charge in [0.25, 0.3) is 0 Å². The molecule has 1 aromatic heterocycles. The summed E-state index contributed by atoms with van der Waals surface area (Å²) in [6.07, 6.45) is 5.14. The zero-order valence-electron chi connectivity index (χ0n) is 9.85. The number of nitrogens with one attached hydrogen (secondary N) is 1. The maximum atomic E-state index is 5.50. The van der Waals surface area contributed by atoms with E-state index in [-0.39, 0.29) is 0 Å². The third-order valence-electron chi connectivity index (χ3n) is 2.56. The summed E-state index contributed by atoms with van der Waals surface area (Å²) in [5.74, 6) is 0.959. The molecule has 0 spiro atoms. The van der Waals surface area contributed by atoms with E-state index >= 15 is 0 Å². The number of rotatable bonds is 7. The van der Waals surface area contributed by atoms with Gasteiger partial charge in [0.2, 0.25) is 0 Å². The summed E-state index contributed by atoms with van der Waals surface area (Å²) in [4.78, 5) is 0. The van der Waals surface area contributed by atoms with Crippen molar-refractivity contribution in [3.63, 3.8) is 0 Å². The molecule has 1 aromatic rings. The average molecular weight is 353 g/mol. The van der Waals surface area contributed by atoms with E-state index in [4.69, 9.17) is 4.42 Å². The standard InChI is InChI=1S/C12H19Br2NO/c1-3-4-5-6-9(2)15-8-10-7-11(13)12(14)16-10/h7,9,15H,3-6,8H2,1-2H3. The summed E-state index contributed by atoms with van der Waals surface area (Å²) in [7, 11) is 0. The minimum atomic E-state index is 0.550. The Morgan fingerprint density at radius 2 is 2.12 bits per heavy atom. The molecule has 0 saturated carbocycles. The Balaban J connectivity index is 2.23. The van der Waals surface area contributed by atoms with Crippen LogP contribution < -0.4 is 5.32 Å². The van der Waals surface area contributed by atoms with Gasteiger partial charge in [0.05, 0.1) is 11.0 Å². The summed E-state index contributed by atoms with van der Waals surface area (Å²) < 4.78 is 7.24. The maximum Gasteiger partial charge on any atom is 0.183 e. The Morgan fingerprint density at radius 1 is 1.38 bits per heavy atom. The molecule has 2 nitrogen and oxygen atoms in total. The fourth-order valence-corrected chi connectivity index (χ4v) is 2.21. The minimum absolute atomic E-state index is 0.550. The monoisotopic (exact) mass is 351 g/mol. The van der Waals surface area contributed by atoms with Gasteiger partial charge in [-0.25, -0.2) is 0 Å². The molecular formula is C12H19Br2NO. The molecule has 0 aromatic carbocycles. The second-order valence-corrected chi connectivity index (χ2v) is 5.69. The molecule has 92 valence electrons. The zero-order valence-corrected chi connectivity index (χ0v) is 13.0. The van der Waals surface area contributed by atoms with Crippen LogP contribution in [0.15, 0.2) is 19.6 Å². The molecule has 1 N–H and O–H groups in total. The second kappa shape index (κ2) is 7.51. The van der Waals surface area contributed by atoms with Crippen molar-refractivity contribution < 1.29 is 4.42 Å². The average Bonchev–Trinajstić information content (AvgIpc) is 2.56. The summed E-state index contributed by atoms with van der Waals surface area (Å²) in [5.41, 5.74) is 0. The normalized spacial score (nSPS) is 13.0. The molecule has 1 unspecified atom stereocenters. The topological polar surface area (TPSA) is 25.2 Å². The highest BCUT2D eigenvalue weighted by atomic mass is 79.9. The van der Waals surface area contributed by atoms with Crippen LogP contribution >= 0.6 is 31.9 Å². The molecule has 0 radical (unpaired) electrons. The summed E-state index contributed by atoms with van der Waals surface area (Å²) in [5, 5.41) is 3.46. The van der Waals surface area contributed by atoms with E-state index in [1.807, 2.05) is 6.07 Å². The van der Waals surface area contributed by atoms with Crippen molar-refractivity contribution in [2.75, 3.05) is 0 Å². The molecular weight excluding hydrogens is 334 g/mol. The van der Waals surface area contributed by atoms with Crippen LogP contribution in [-0.4, -0.2) is 6.04 Å². The van der Waals surface area contributed by atoms with Crippen LogP contribution in [0.25, 0.3) is 0 Å². The lowest BCUT2D eigenvalue weighted by Gasteiger charge is -2.11. The first-order valence-corrected chi connectivity index (χ1v) is 7.39. The lowest BCUT2D eigenvalue weighted by Crippen LogP contribution is -2.25. The highest BCUT2D eigenvalue weighted by Crippen LogP contribution is 2.26. The second-order valence-electron chi connectivity index (χ2n) is 4.11. The molecule has 1 heterocycles. The molecule has 0 bridgehead atoms. The molecule has 16 heavy (non-hydrogen) atoms. The molecule has 4 heteroatoms. The van der Waals surface area contributed by atoms with E-state index in [9.17, 15) is 0 Å². The van der Waals surface area contributed by atoms with E-state index in [0.717, 1.165) is 21.4 Å². The van der Waals surface area contributed by atoms with Crippen LogP contribution in [0, 0.1) is 0 Å². The van der Waals surface area contributed by atoms with Gasteiger partial charge in [-0.2, -0.15) is 0 Å². The smallest absolute Gasteiger partial charge is 0.183 e. The van der Waals surface area contributed by atoms with Crippen molar-refractivity contribution in [3.8, 4) is 0 Å². The first-order chi connectivity index (χ1) is 7.63. The van der Waals surface area contributed by atoms with Crippen LogP contribution in [0.1, 0.15) is 45.3 Å². The fraction of sp³-hybridized carbons (Fsp3) is 0.667. The molecule has 1 rings (SSSR count). The van der Waals surface area contributed by atoms with Crippen LogP contribution in [0.5, 0.6) is 0 Å². The first kappa shape index (κ1) is 14.3. The Kier molecular flexibility index (Phi) is 6.70. The van der Waals surface area contributed by atoms with E-state index in [0.29, 0.717) is 6.04 Å². The van der Waals surface area contributed by atoms with Gasteiger partial charge < -0.3 is 9.73 Å². The molecule has 1 atom stereocenters. The zero-order chi connectivity index (χ0) is 12.0. The van der Waals surface area contributed by atoms with Crippen LogP contribution in [0.3, 0.4) is 0 Å². The molecule has 0 aliphatic heterocycles. The Morgan fingerprint density at radius 3 is 2.69 bits per heavy atom. The van der Waals surface area contributed by atoms with Gasteiger partial charge in [0.15, 0.2) is 4.67 Å². The third kappa shape index (κ3) is 5.02. The fourth-order valence-electron chi connectivity index (χ4n) is 1.56. The van der Waals surface area contributed by atoms with Crippen molar-refractivity contribution in [1.82, 2.24) is 5.32 Å². The van der Waals surface area contributed by atoms with Gasteiger partial charge in [0, 0.05) is 6.04 Å². The Labute approximate surface area is 114 Å². The summed E-state index contributed by atoms with van der Waals surface area (Å²) >= 11 is 6.74. The van der Waals surface area contributed by atoms with Crippen molar-refractivity contribution >= 4 is 31.9 Å². The predicted molar refractivity (Wildman–Crippen MR) is 74.6 cm³/mol. The quantitative estimate of drug-likeness (QED) is 0.708. The Hall–Kier alpha value is 0.200. The maximum absolute atomic E-state index is 5.50. The largest absolute Gasteiger partial charge is 0.452 e. The van der Waals surface area contributed by atoms with E-state index < -0.39 is 0 Å². The number of hydrogen-bond donors (Lipinski definition) is 1. The lowest BCUT2D eigenvalue weighted by molar-refractivity contribution is 0.425. The first-order valence-electron chi connectivity index (χ1n) is 5.80. The minimum Gasteiger partial charge on any atom is -0.452 e. The van der Waals surface area contributed by atoms with E-state index in [1.165, 1.54) is 25.7 Å². The molecule has 0 fully saturated rings. The van der Waals surface area contributed by atoms with Gasteiger partial charge in [-0.3, -0.25) is 0 Å². The lowest BCUT2D eigenvalue weighted by atomic mass is 10.1. The van der Waals surface area contributed by atoms with Crippen LogP contribution in [0.2, 0.25) is 0 Å². The molecule has 0 saturated heterocycles. The Bertz CT molecular complexity index is 292. The molecule has 0 aliphatic rings. The third-order valence-corrected chi connectivity index (χ3v) is 4.27. The van der Waals surface area contributed by atoms with Gasteiger partial charge in [-0.05, 0) is 51.3 Å². The van der Waals surface area contributed by atoms with Crippen molar-refractivity contribution in [2.24, 2.45) is 0 Å². The predicted octanol–water partition coefficient (Wildman–Crippen LogP) is 4.86. The number of unbranched alkanes of at least 4 members (excludes halogenated alkanes) is 2. The van der Waals surface area contributed by atoms with Gasteiger partial charge in [0.1, 0.15) is 5.76 Å². The number of furan rings is 1. The van der Waals surface area contributed by atoms with Crippen LogP contribution in [-0.2, 0) is 6.54 Å². The van der Waals surface area contributed by atoms with Crippen LogP contribution in [0.4, 0.5) is 0 Å². The van der Waals surface area contributed by atoms with Crippen molar-refractivity contribution in [2.45, 2.75) is 52.1 Å². The van der Waals surface area contributed by atoms with E-state index in [1.54, 1.807) is 0 Å². The SMILES string of the molecule is CCCCCC(C)NCc1cc(Br)c(Br)o1. The van der Waals surface area contributed by atoms with Gasteiger partial charge in [-0.15, -0.1) is 0 Å². The summed E-state index contributed by atoms with van der Waals surface area (Å²) in [6.45, 7) is 5.25. The highest BCUT2D eigenvalue weighted by Gasteiger charge is 2.07. The molecule has 0 aliphatic carbocycles. The molecule has 0 amide bonds.